The van der Waals surface area contributed by atoms with Gasteiger partial charge in [0.25, 0.3) is 0 Å². The van der Waals surface area contributed by atoms with E-state index >= 15 is 0 Å². The SMILES string of the molecule is COc1ccc(S(=O)(=O)NCCc2ccc(Cl)cc2)cc1[N+](=O)[O-]. The topological polar surface area (TPSA) is 98.5 Å². The molecule has 0 radical (unpaired) electrons. The number of benzene rings is 2. The number of ether oxygens (including phenoxy) is 1. The summed E-state index contributed by atoms with van der Waals surface area (Å²) in [6.45, 7) is 0.157. The smallest absolute Gasteiger partial charge is 0.312 e. The molecule has 0 heterocycles. The highest BCUT2D eigenvalue weighted by Gasteiger charge is 2.21. The predicted octanol–water partition coefficient (Wildman–Crippen LogP) is 2.78. The summed E-state index contributed by atoms with van der Waals surface area (Å²) in [7, 11) is -2.58. The fourth-order valence-electron chi connectivity index (χ4n) is 2.04. The number of nitro benzene ring substituents is 1. The Morgan fingerprint density at radius 2 is 1.88 bits per heavy atom. The van der Waals surface area contributed by atoms with E-state index in [-0.39, 0.29) is 17.2 Å². The number of nitro groups is 1. The standard InChI is InChI=1S/C15H15ClN2O5S/c1-23-15-7-6-13(10-14(15)18(19)20)24(21,22)17-9-8-11-2-4-12(16)5-3-11/h2-7,10,17H,8-9H2,1H3. The third-order valence-electron chi connectivity index (χ3n) is 3.28. The molecule has 7 nitrogen and oxygen atoms in total. The lowest BCUT2D eigenvalue weighted by atomic mass is 10.2. The maximum atomic E-state index is 12.3. The molecule has 2 rings (SSSR count). The van der Waals surface area contributed by atoms with Crippen LogP contribution in [0.25, 0.3) is 0 Å². The van der Waals surface area contributed by atoms with Crippen molar-refractivity contribution < 1.29 is 18.1 Å². The highest BCUT2D eigenvalue weighted by Crippen LogP contribution is 2.29. The molecule has 128 valence electrons. The van der Waals surface area contributed by atoms with Gasteiger partial charge in [-0.25, -0.2) is 13.1 Å². The van der Waals surface area contributed by atoms with Crippen molar-refractivity contribution in [3.05, 3.63) is 63.2 Å². The molecule has 0 bridgehead atoms. The molecule has 24 heavy (non-hydrogen) atoms. The molecule has 0 fully saturated rings. The molecule has 0 saturated carbocycles. The minimum absolute atomic E-state index is 0.000106. The fraction of sp³-hybridized carbons (Fsp3) is 0.200. The van der Waals surface area contributed by atoms with E-state index in [0.717, 1.165) is 11.6 Å². The molecule has 2 aromatic carbocycles. The lowest BCUT2D eigenvalue weighted by Gasteiger charge is -2.08. The van der Waals surface area contributed by atoms with Gasteiger partial charge >= 0.3 is 5.69 Å². The third-order valence-corrected chi connectivity index (χ3v) is 4.99. The van der Waals surface area contributed by atoms with Gasteiger partial charge in [0.15, 0.2) is 5.75 Å². The van der Waals surface area contributed by atoms with Gasteiger partial charge in [0.2, 0.25) is 10.0 Å². The molecule has 0 atom stereocenters. The maximum absolute atomic E-state index is 12.3. The van der Waals surface area contributed by atoms with Crippen LogP contribution in [0.15, 0.2) is 47.4 Å². The second-order valence-corrected chi connectivity index (χ2v) is 7.07. The van der Waals surface area contributed by atoms with Gasteiger partial charge in [0, 0.05) is 17.6 Å². The molecule has 0 aromatic heterocycles. The van der Waals surface area contributed by atoms with E-state index in [0.29, 0.717) is 11.4 Å². The number of nitrogens with one attached hydrogen (secondary N) is 1. The number of methoxy groups -OCH3 is 1. The quantitative estimate of drug-likeness (QED) is 0.596. The molecule has 0 unspecified atom stereocenters. The van der Waals surface area contributed by atoms with Crippen molar-refractivity contribution in [1.82, 2.24) is 4.72 Å². The number of hydrogen-bond acceptors (Lipinski definition) is 5. The minimum atomic E-state index is -3.86. The van der Waals surface area contributed by atoms with Gasteiger partial charge in [-0.1, -0.05) is 23.7 Å². The van der Waals surface area contributed by atoms with Crippen LogP contribution in [0.1, 0.15) is 5.56 Å². The van der Waals surface area contributed by atoms with Crippen LogP contribution in [0.2, 0.25) is 5.02 Å². The van der Waals surface area contributed by atoms with Crippen LogP contribution in [0, 0.1) is 10.1 Å². The zero-order valence-electron chi connectivity index (χ0n) is 12.7. The molecule has 9 heteroatoms. The second kappa shape index (κ2) is 7.61. The lowest BCUT2D eigenvalue weighted by molar-refractivity contribution is -0.386. The van der Waals surface area contributed by atoms with Gasteiger partial charge in [-0.05, 0) is 36.2 Å². The number of halogens is 1. The fourth-order valence-corrected chi connectivity index (χ4v) is 3.22. The molecular weight excluding hydrogens is 356 g/mol. The monoisotopic (exact) mass is 370 g/mol. The van der Waals surface area contributed by atoms with Gasteiger partial charge in [-0.15, -0.1) is 0 Å². The van der Waals surface area contributed by atoms with Crippen molar-refractivity contribution in [2.24, 2.45) is 0 Å². The predicted molar refractivity (Wildman–Crippen MR) is 90.0 cm³/mol. The van der Waals surface area contributed by atoms with Gasteiger partial charge in [-0.3, -0.25) is 10.1 Å². The first-order valence-corrected chi connectivity index (χ1v) is 8.76. The highest BCUT2D eigenvalue weighted by molar-refractivity contribution is 7.89. The summed E-state index contributed by atoms with van der Waals surface area (Å²) in [5, 5.41) is 11.6. The first-order chi connectivity index (χ1) is 11.3. The van der Waals surface area contributed by atoms with Gasteiger partial charge < -0.3 is 4.74 Å². The largest absolute Gasteiger partial charge is 0.490 e. The molecular formula is C15H15ClN2O5S. The minimum Gasteiger partial charge on any atom is -0.490 e. The van der Waals surface area contributed by atoms with Crippen molar-refractivity contribution in [3.63, 3.8) is 0 Å². The van der Waals surface area contributed by atoms with E-state index in [9.17, 15) is 18.5 Å². The Balaban J connectivity index is 2.11. The number of nitrogens with zero attached hydrogens (tertiary/aromatic N) is 1. The summed E-state index contributed by atoms with van der Waals surface area (Å²) >= 11 is 5.79. The summed E-state index contributed by atoms with van der Waals surface area (Å²) < 4.78 is 31.8. The number of hydrogen-bond donors (Lipinski definition) is 1. The second-order valence-electron chi connectivity index (χ2n) is 4.87. The molecule has 2 aromatic rings. The summed E-state index contributed by atoms with van der Waals surface area (Å²) in [4.78, 5) is 10.1. The van der Waals surface area contributed by atoms with Crippen LogP contribution in [0.3, 0.4) is 0 Å². The van der Waals surface area contributed by atoms with E-state index in [4.69, 9.17) is 16.3 Å². The van der Waals surface area contributed by atoms with Crippen molar-refractivity contribution >= 4 is 27.3 Å². The van der Waals surface area contributed by atoms with E-state index in [1.54, 1.807) is 24.3 Å². The van der Waals surface area contributed by atoms with Gasteiger partial charge in [0.05, 0.1) is 16.9 Å². The highest BCUT2D eigenvalue weighted by atomic mass is 35.5. The number of rotatable bonds is 7. The Kier molecular flexibility index (Phi) is 5.76. The summed E-state index contributed by atoms with van der Waals surface area (Å²) in [5.74, 6) is 0.000106. The van der Waals surface area contributed by atoms with E-state index in [1.807, 2.05) is 0 Å². The Bertz CT molecular complexity index is 837. The summed E-state index contributed by atoms with van der Waals surface area (Å²) in [6.07, 6.45) is 0.467. The van der Waals surface area contributed by atoms with Crippen LogP contribution >= 0.6 is 11.6 Å². The summed E-state index contributed by atoms with van der Waals surface area (Å²) in [6, 6.07) is 10.5. The van der Waals surface area contributed by atoms with Gasteiger partial charge in [0.1, 0.15) is 0 Å². The van der Waals surface area contributed by atoms with Gasteiger partial charge in [-0.2, -0.15) is 0 Å². The molecule has 0 spiro atoms. The molecule has 0 aliphatic rings. The molecule has 0 aliphatic heterocycles. The summed E-state index contributed by atoms with van der Waals surface area (Å²) in [5.41, 5.74) is 0.515. The van der Waals surface area contributed by atoms with Crippen molar-refractivity contribution in [1.29, 1.82) is 0 Å². The normalized spacial score (nSPS) is 11.2. The van der Waals surface area contributed by atoms with E-state index in [2.05, 4.69) is 4.72 Å². The third kappa shape index (κ3) is 4.44. The Labute approximate surface area is 144 Å². The molecule has 0 saturated heterocycles. The number of sulfonamides is 1. The lowest BCUT2D eigenvalue weighted by Crippen LogP contribution is -2.26. The van der Waals surface area contributed by atoms with E-state index in [1.165, 1.54) is 19.2 Å². The van der Waals surface area contributed by atoms with Crippen LogP contribution in [-0.2, 0) is 16.4 Å². The molecule has 1 N–H and O–H groups in total. The Morgan fingerprint density at radius 3 is 2.46 bits per heavy atom. The van der Waals surface area contributed by atoms with Crippen LogP contribution in [0.5, 0.6) is 5.75 Å². The van der Waals surface area contributed by atoms with Crippen molar-refractivity contribution in [2.45, 2.75) is 11.3 Å². The first kappa shape index (κ1) is 18.2. The molecule has 0 amide bonds. The zero-order valence-corrected chi connectivity index (χ0v) is 14.3. The Morgan fingerprint density at radius 1 is 1.21 bits per heavy atom. The van der Waals surface area contributed by atoms with E-state index < -0.39 is 20.6 Å². The van der Waals surface area contributed by atoms with Crippen molar-refractivity contribution in [3.8, 4) is 5.75 Å². The maximum Gasteiger partial charge on any atom is 0.312 e. The van der Waals surface area contributed by atoms with Crippen molar-refractivity contribution in [2.75, 3.05) is 13.7 Å². The van der Waals surface area contributed by atoms with Crippen LogP contribution < -0.4 is 9.46 Å². The van der Waals surface area contributed by atoms with Crippen LogP contribution in [0.4, 0.5) is 5.69 Å². The first-order valence-electron chi connectivity index (χ1n) is 6.90. The average Bonchev–Trinajstić information content (AvgIpc) is 2.55. The Hall–Kier alpha value is -2.16. The average molecular weight is 371 g/mol. The van der Waals surface area contributed by atoms with Crippen LogP contribution in [-0.4, -0.2) is 27.0 Å². The zero-order chi connectivity index (χ0) is 17.7. The molecule has 0 aliphatic carbocycles.